The smallest absolute Gasteiger partial charge is 0.335 e. The zero-order valence-electron chi connectivity index (χ0n) is 30.0. The van der Waals surface area contributed by atoms with Crippen LogP contribution in [0.2, 0.25) is 0 Å². The molecule has 0 spiro atoms. The van der Waals surface area contributed by atoms with Gasteiger partial charge in [0.1, 0.15) is 91.6 Å². The number of carbonyl (C=O) groups is 2. The molecule has 0 aromatic carbocycles. The highest BCUT2D eigenvalue weighted by molar-refractivity contribution is 5.74. The van der Waals surface area contributed by atoms with Crippen molar-refractivity contribution in [1.82, 2.24) is 0 Å². The number of ether oxygens (including phenoxy) is 9. The Balaban J connectivity index is 1.26. The van der Waals surface area contributed by atoms with Gasteiger partial charge in [-0.3, -0.25) is 0 Å². The first-order chi connectivity index (χ1) is 27.3. The summed E-state index contributed by atoms with van der Waals surface area (Å²) in [6, 6.07) is -4.81. The lowest BCUT2D eigenvalue weighted by molar-refractivity contribution is -0.374. The molecule has 5 aliphatic heterocycles. The van der Waals surface area contributed by atoms with E-state index in [0.29, 0.717) is 0 Å². The fraction of sp³-hybridized carbons (Fsp3) is 0.933. The van der Waals surface area contributed by atoms with Crippen LogP contribution in [0.3, 0.4) is 0 Å². The summed E-state index contributed by atoms with van der Waals surface area (Å²) in [5, 5.41) is 145. The van der Waals surface area contributed by atoms with E-state index in [1.165, 1.54) is 0 Å². The maximum Gasteiger partial charge on any atom is 0.335 e. The van der Waals surface area contributed by atoms with Crippen LogP contribution in [0.1, 0.15) is 0 Å². The molecule has 5 rings (SSSR count). The molecule has 1 unspecified atom stereocenters. The largest absolute Gasteiger partial charge is 0.479 e. The van der Waals surface area contributed by atoms with Crippen molar-refractivity contribution in [2.75, 3.05) is 19.8 Å². The molecule has 5 heterocycles. The van der Waals surface area contributed by atoms with Crippen molar-refractivity contribution in [2.24, 2.45) is 17.2 Å². The minimum atomic E-state index is -2.21. The highest BCUT2D eigenvalue weighted by atomic mass is 16.8. The SMILES string of the molecule is N[C@H]1[C@@H](O[C@H]2[C@H](O)[C@@H](O)[C@H](O[C@H]3[C@H](O)[C@@H](N)[C@@H](O[C@H]4[C@H](O)[C@@H](O)[C@H](O[C@H]5[C@H](O)[C@@H](N)C(O)O[C@@H]5CO)O[C@H]4C(=O)O)O[C@@H]3CO)O[C@H]2C(=O)O)O[C@H](CO)[C@@H](O)[C@@H]1O. The van der Waals surface area contributed by atoms with Gasteiger partial charge in [-0.05, 0) is 0 Å². The quantitative estimate of drug-likeness (QED) is 0.0818. The summed E-state index contributed by atoms with van der Waals surface area (Å²) in [5.74, 6) is -3.61. The van der Waals surface area contributed by atoms with Gasteiger partial charge in [-0.15, -0.1) is 0 Å². The molecular formula is C30H51N3O25. The van der Waals surface area contributed by atoms with Crippen LogP contribution in [0.15, 0.2) is 0 Å². The number of rotatable bonds is 13. The molecule has 0 radical (unpaired) electrons. The van der Waals surface area contributed by atoms with Crippen LogP contribution in [0, 0.1) is 0 Å². The van der Waals surface area contributed by atoms with Gasteiger partial charge >= 0.3 is 11.9 Å². The molecule has 0 aromatic heterocycles. The Kier molecular flexibility index (Phi) is 15.7. The highest BCUT2D eigenvalue weighted by Crippen LogP contribution is 2.35. The molecule has 25 atom stereocenters. The Hall–Kier alpha value is -2.02. The van der Waals surface area contributed by atoms with E-state index in [1.54, 1.807) is 0 Å². The lowest BCUT2D eigenvalue weighted by atomic mass is 9.94. The maximum atomic E-state index is 12.3. The molecule has 5 saturated heterocycles. The Morgan fingerprint density at radius 2 is 0.776 bits per heavy atom. The summed E-state index contributed by atoms with van der Waals surface area (Å²) < 4.78 is 48.8. The summed E-state index contributed by atoms with van der Waals surface area (Å²) >= 11 is 0. The Bertz CT molecular complexity index is 1370. The molecule has 0 aromatic rings. The predicted molar refractivity (Wildman–Crippen MR) is 174 cm³/mol. The van der Waals surface area contributed by atoms with E-state index in [1.807, 2.05) is 0 Å². The van der Waals surface area contributed by atoms with Crippen LogP contribution in [0.5, 0.6) is 0 Å². The molecule has 28 heteroatoms. The third-order valence-corrected chi connectivity index (χ3v) is 10.5. The van der Waals surface area contributed by atoms with Crippen molar-refractivity contribution in [3.8, 4) is 0 Å². The van der Waals surface area contributed by atoms with Crippen LogP contribution in [0.25, 0.3) is 0 Å². The molecule has 5 fully saturated rings. The lowest BCUT2D eigenvalue weighted by Crippen LogP contribution is -2.70. The van der Waals surface area contributed by atoms with Gasteiger partial charge in [0, 0.05) is 0 Å². The summed E-state index contributed by atoms with van der Waals surface area (Å²) in [5.41, 5.74) is 17.7. The van der Waals surface area contributed by atoms with Gasteiger partial charge < -0.3 is 131 Å². The number of carboxylic acids is 2. The lowest BCUT2D eigenvalue weighted by Gasteiger charge is -2.49. The highest BCUT2D eigenvalue weighted by Gasteiger charge is 2.57. The zero-order chi connectivity index (χ0) is 43.1. The van der Waals surface area contributed by atoms with E-state index >= 15 is 0 Å². The number of nitrogens with two attached hydrogens (primary N) is 3. The first-order valence-corrected chi connectivity index (χ1v) is 17.8. The van der Waals surface area contributed by atoms with E-state index < -0.39 is 185 Å². The van der Waals surface area contributed by atoms with Crippen LogP contribution in [-0.2, 0) is 52.2 Å². The summed E-state index contributed by atoms with van der Waals surface area (Å²) in [6.45, 7) is -2.71. The standard InChI is InChI=1S/C30H51N3O25/c31-7-12(39)18(5(2-35)50-26(7)49)53-29-16(43)15(42)21(23(57-29)25(47)48)56-28-9(33)13(40)19(6(3-36)52-28)54-30-17(44)14(41)20(22(58-30)24(45)46)55-27-8(32)11(38)10(37)4(1-34)51-27/h4-23,26-30,34-44,49H,1-3,31-33H2,(H,45,46)(H,47,48)/t4-,5-,6-,7-,8-,9-,10-,11-,12-,13-,14-,15-,16-,17-,18-,19-,20+,21+,22-,23-,26?,27-,28-,29-,30-/m1/s1. The second-order valence-electron chi connectivity index (χ2n) is 14.3. The second kappa shape index (κ2) is 19.4. The molecule has 5 aliphatic rings. The fourth-order valence-corrected chi connectivity index (χ4v) is 7.09. The van der Waals surface area contributed by atoms with Crippen molar-refractivity contribution >= 4 is 11.9 Å². The summed E-state index contributed by atoms with van der Waals surface area (Å²) in [4.78, 5) is 24.6. The van der Waals surface area contributed by atoms with Gasteiger partial charge in [0.15, 0.2) is 43.7 Å². The molecule has 58 heavy (non-hydrogen) atoms. The van der Waals surface area contributed by atoms with E-state index in [-0.39, 0.29) is 0 Å². The third-order valence-electron chi connectivity index (χ3n) is 10.5. The Morgan fingerprint density at radius 3 is 1.19 bits per heavy atom. The van der Waals surface area contributed by atoms with Gasteiger partial charge in [-0.25, -0.2) is 9.59 Å². The topological polar surface area (TPSA) is 478 Å². The van der Waals surface area contributed by atoms with E-state index in [9.17, 15) is 81.1 Å². The minimum Gasteiger partial charge on any atom is -0.479 e. The molecule has 0 bridgehead atoms. The number of carboxylic acid groups (broad SMARTS) is 2. The fourth-order valence-electron chi connectivity index (χ4n) is 7.09. The molecular weight excluding hydrogens is 802 g/mol. The number of aliphatic carboxylic acids is 2. The molecule has 336 valence electrons. The predicted octanol–water partition coefficient (Wildman–Crippen LogP) is -11.8. The number of hydrogen-bond acceptors (Lipinski definition) is 26. The second-order valence-corrected chi connectivity index (χ2v) is 14.3. The minimum absolute atomic E-state index is 0.828. The van der Waals surface area contributed by atoms with Crippen molar-refractivity contribution in [3.05, 3.63) is 0 Å². The summed E-state index contributed by atoms with van der Waals surface area (Å²) in [7, 11) is 0. The van der Waals surface area contributed by atoms with Crippen molar-refractivity contribution in [3.63, 3.8) is 0 Å². The van der Waals surface area contributed by atoms with E-state index in [2.05, 4.69) is 0 Å². The van der Waals surface area contributed by atoms with Crippen molar-refractivity contribution < 1.29 is 124 Å². The third kappa shape index (κ3) is 9.25. The normalized spacial score (nSPS) is 51.6. The van der Waals surface area contributed by atoms with Crippen LogP contribution < -0.4 is 17.2 Å². The Labute approximate surface area is 326 Å². The average molecular weight is 854 g/mol. The average Bonchev–Trinajstić information content (AvgIpc) is 3.19. The van der Waals surface area contributed by atoms with Crippen LogP contribution in [0.4, 0.5) is 0 Å². The van der Waals surface area contributed by atoms with Gasteiger partial charge in [0.05, 0.1) is 37.9 Å². The molecule has 0 saturated carbocycles. The maximum absolute atomic E-state index is 12.3. The molecule has 0 amide bonds. The van der Waals surface area contributed by atoms with Crippen LogP contribution >= 0.6 is 0 Å². The number of aliphatic hydroxyl groups excluding tert-OH is 12. The van der Waals surface area contributed by atoms with E-state index in [4.69, 9.17) is 59.8 Å². The Morgan fingerprint density at radius 1 is 0.414 bits per heavy atom. The number of hydrogen-bond donors (Lipinski definition) is 17. The molecule has 0 aliphatic carbocycles. The summed E-state index contributed by atoms with van der Waals surface area (Å²) in [6.07, 6.45) is -42.1. The van der Waals surface area contributed by atoms with E-state index in [0.717, 1.165) is 0 Å². The van der Waals surface area contributed by atoms with Gasteiger partial charge in [-0.2, -0.15) is 0 Å². The van der Waals surface area contributed by atoms with Gasteiger partial charge in [0.2, 0.25) is 0 Å². The monoisotopic (exact) mass is 853 g/mol. The molecule has 20 N–H and O–H groups in total. The van der Waals surface area contributed by atoms with Gasteiger partial charge in [-0.1, -0.05) is 0 Å². The van der Waals surface area contributed by atoms with Gasteiger partial charge in [0.25, 0.3) is 0 Å². The number of aliphatic hydroxyl groups is 12. The van der Waals surface area contributed by atoms with Crippen molar-refractivity contribution in [1.29, 1.82) is 0 Å². The first kappa shape index (κ1) is 47.0. The molecule has 28 nitrogen and oxygen atoms in total. The first-order valence-electron chi connectivity index (χ1n) is 17.8. The van der Waals surface area contributed by atoms with Crippen LogP contribution in [-0.4, -0.2) is 257 Å². The van der Waals surface area contributed by atoms with Crippen molar-refractivity contribution in [2.45, 2.75) is 153 Å². The zero-order valence-corrected chi connectivity index (χ0v) is 30.0.